The zero-order chi connectivity index (χ0) is 15.7. The van der Waals surface area contributed by atoms with Gasteiger partial charge in [0.1, 0.15) is 17.5 Å². The molecule has 7 heteroatoms. The van der Waals surface area contributed by atoms with Crippen LogP contribution in [0, 0.1) is 25.5 Å². The molecule has 1 heterocycles. The highest BCUT2D eigenvalue weighted by Gasteiger charge is 2.17. The molecule has 0 aliphatic carbocycles. The van der Waals surface area contributed by atoms with Gasteiger partial charge in [-0.2, -0.15) is 0 Å². The molecule has 2 aromatic rings. The fourth-order valence-electron chi connectivity index (χ4n) is 2.18. The van der Waals surface area contributed by atoms with E-state index in [-0.39, 0.29) is 15.7 Å². The van der Waals surface area contributed by atoms with Crippen LogP contribution in [0.25, 0.3) is 0 Å². The minimum Gasteiger partial charge on any atom is -0.376 e. The summed E-state index contributed by atoms with van der Waals surface area (Å²) in [6, 6.07) is 1.60. The second kappa shape index (κ2) is 5.93. The van der Waals surface area contributed by atoms with Gasteiger partial charge in [-0.05, 0) is 42.8 Å². The fourth-order valence-corrected chi connectivity index (χ4v) is 2.53. The van der Waals surface area contributed by atoms with E-state index in [9.17, 15) is 13.6 Å². The summed E-state index contributed by atoms with van der Waals surface area (Å²) in [7, 11) is 0. The maximum absolute atomic E-state index is 13.7. The van der Waals surface area contributed by atoms with Gasteiger partial charge >= 0.3 is 0 Å². The topological polar surface area (TPSA) is 57.8 Å². The van der Waals surface area contributed by atoms with Crippen molar-refractivity contribution in [3.63, 3.8) is 0 Å². The van der Waals surface area contributed by atoms with E-state index in [0.29, 0.717) is 17.1 Å². The fraction of sp³-hybridized carbons (Fsp3) is 0.286. The van der Waals surface area contributed by atoms with Crippen molar-refractivity contribution < 1.29 is 8.78 Å². The number of halogens is 3. The van der Waals surface area contributed by atoms with Gasteiger partial charge in [0.15, 0.2) is 0 Å². The number of aromatic nitrogens is 2. The van der Waals surface area contributed by atoms with E-state index in [0.717, 1.165) is 6.07 Å². The monoisotopic (exact) mass is 357 g/mol. The van der Waals surface area contributed by atoms with Gasteiger partial charge < -0.3 is 10.3 Å². The van der Waals surface area contributed by atoms with Crippen LogP contribution in [0.3, 0.4) is 0 Å². The molecule has 0 saturated carbocycles. The molecule has 2 rings (SSSR count). The summed E-state index contributed by atoms with van der Waals surface area (Å²) < 4.78 is 27.1. The van der Waals surface area contributed by atoms with E-state index in [1.54, 1.807) is 20.8 Å². The summed E-state index contributed by atoms with van der Waals surface area (Å²) in [6.07, 6.45) is 0. The van der Waals surface area contributed by atoms with Crippen molar-refractivity contribution in [1.29, 1.82) is 0 Å². The zero-order valence-electron chi connectivity index (χ0n) is 11.7. The summed E-state index contributed by atoms with van der Waals surface area (Å²) in [6.45, 7) is 5.12. The Bertz CT molecular complexity index is 746. The van der Waals surface area contributed by atoms with Crippen LogP contribution in [-0.2, 0) is 0 Å². The summed E-state index contributed by atoms with van der Waals surface area (Å²) in [5.74, 6) is -0.891. The first-order chi connectivity index (χ1) is 9.79. The molecule has 1 unspecified atom stereocenters. The first kappa shape index (κ1) is 15.6. The molecule has 0 fully saturated rings. The number of aryl methyl sites for hydroxylation is 2. The smallest absolute Gasteiger partial charge is 0.256 e. The van der Waals surface area contributed by atoms with Crippen LogP contribution in [0.15, 0.2) is 21.4 Å². The quantitative estimate of drug-likeness (QED) is 0.825. The third-order valence-electron chi connectivity index (χ3n) is 3.08. The van der Waals surface area contributed by atoms with Crippen LogP contribution in [0.5, 0.6) is 0 Å². The van der Waals surface area contributed by atoms with Crippen molar-refractivity contribution >= 4 is 21.6 Å². The molecule has 0 radical (unpaired) electrons. The van der Waals surface area contributed by atoms with Gasteiger partial charge in [0.05, 0.1) is 27.5 Å². The molecule has 1 aromatic carbocycles. The maximum Gasteiger partial charge on any atom is 0.256 e. The number of anilines is 1. The molecule has 1 atom stereocenters. The minimum absolute atomic E-state index is 0.107. The number of aromatic amines is 1. The van der Waals surface area contributed by atoms with E-state index in [1.807, 2.05) is 0 Å². The van der Waals surface area contributed by atoms with Crippen LogP contribution in [0.1, 0.15) is 30.0 Å². The van der Waals surface area contributed by atoms with E-state index >= 15 is 0 Å². The second-order valence-electron chi connectivity index (χ2n) is 4.76. The molecule has 1 aromatic heterocycles. The normalized spacial score (nSPS) is 12.3. The predicted molar refractivity (Wildman–Crippen MR) is 80.4 cm³/mol. The average molecular weight is 358 g/mol. The molecule has 0 saturated heterocycles. The third kappa shape index (κ3) is 3.29. The first-order valence-corrected chi connectivity index (χ1v) is 7.07. The number of hydrogen-bond donors (Lipinski definition) is 2. The van der Waals surface area contributed by atoms with Crippen LogP contribution in [0.2, 0.25) is 0 Å². The minimum atomic E-state index is -0.725. The zero-order valence-corrected chi connectivity index (χ0v) is 13.3. The van der Waals surface area contributed by atoms with E-state index in [4.69, 9.17) is 0 Å². The molecule has 0 bridgehead atoms. The van der Waals surface area contributed by atoms with Crippen molar-refractivity contribution in [3.05, 3.63) is 55.7 Å². The van der Waals surface area contributed by atoms with Gasteiger partial charge in [-0.3, -0.25) is 4.79 Å². The highest BCUT2D eigenvalue weighted by atomic mass is 79.9. The van der Waals surface area contributed by atoms with Gasteiger partial charge in [-0.25, -0.2) is 13.8 Å². The Morgan fingerprint density at radius 2 is 1.95 bits per heavy atom. The number of rotatable bonds is 3. The van der Waals surface area contributed by atoms with Crippen LogP contribution in [0.4, 0.5) is 14.5 Å². The van der Waals surface area contributed by atoms with Crippen molar-refractivity contribution in [2.75, 3.05) is 5.32 Å². The average Bonchev–Trinajstić information content (AvgIpc) is 2.34. The number of hydrogen-bond acceptors (Lipinski definition) is 3. The molecule has 112 valence electrons. The number of nitrogens with one attached hydrogen (secondary N) is 2. The molecular weight excluding hydrogens is 344 g/mol. The Morgan fingerprint density at radius 3 is 2.57 bits per heavy atom. The number of nitrogens with zero attached hydrogens (tertiary/aromatic N) is 1. The Hall–Kier alpha value is -1.76. The van der Waals surface area contributed by atoms with Crippen molar-refractivity contribution in [2.45, 2.75) is 26.8 Å². The van der Waals surface area contributed by atoms with E-state index < -0.39 is 17.7 Å². The lowest BCUT2D eigenvalue weighted by molar-refractivity contribution is 0.579. The summed E-state index contributed by atoms with van der Waals surface area (Å²) in [5.41, 5.74) is 0.815. The van der Waals surface area contributed by atoms with Crippen molar-refractivity contribution in [3.8, 4) is 0 Å². The second-order valence-corrected chi connectivity index (χ2v) is 5.62. The van der Waals surface area contributed by atoms with Gasteiger partial charge in [0.25, 0.3) is 5.56 Å². The summed E-state index contributed by atoms with van der Waals surface area (Å²) in [5, 5.41) is 2.86. The first-order valence-electron chi connectivity index (χ1n) is 6.28. The SMILES string of the molecule is Cc1nc(C)c(C(C)Nc2cc(Br)c(F)cc2F)c(=O)[nH]1. The van der Waals surface area contributed by atoms with E-state index in [2.05, 4.69) is 31.2 Å². The lowest BCUT2D eigenvalue weighted by Crippen LogP contribution is -2.23. The molecule has 4 nitrogen and oxygen atoms in total. The lowest BCUT2D eigenvalue weighted by atomic mass is 10.1. The predicted octanol–water partition coefficient (Wildman–Crippen LogP) is 3.60. The Balaban J connectivity index is 2.37. The number of benzene rings is 1. The maximum atomic E-state index is 13.7. The van der Waals surface area contributed by atoms with E-state index in [1.165, 1.54) is 6.07 Å². The number of H-pyrrole nitrogens is 1. The Kier molecular flexibility index (Phi) is 4.41. The van der Waals surface area contributed by atoms with Crippen molar-refractivity contribution in [2.24, 2.45) is 0 Å². The highest BCUT2D eigenvalue weighted by Crippen LogP contribution is 2.26. The van der Waals surface area contributed by atoms with Crippen LogP contribution >= 0.6 is 15.9 Å². The molecule has 0 aliphatic rings. The molecular formula is C14H14BrF2N3O. The molecule has 2 N–H and O–H groups in total. The summed E-state index contributed by atoms with van der Waals surface area (Å²) >= 11 is 3.00. The van der Waals surface area contributed by atoms with Gasteiger partial charge in [-0.15, -0.1) is 0 Å². The van der Waals surface area contributed by atoms with Crippen LogP contribution < -0.4 is 10.9 Å². The molecule has 0 spiro atoms. The molecule has 0 aliphatic heterocycles. The van der Waals surface area contributed by atoms with Gasteiger partial charge in [-0.1, -0.05) is 0 Å². The Labute approximate surface area is 128 Å². The van der Waals surface area contributed by atoms with Crippen LogP contribution in [-0.4, -0.2) is 9.97 Å². The van der Waals surface area contributed by atoms with Gasteiger partial charge in [0, 0.05) is 6.07 Å². The van der Waals surface area contributed by atoms with Gasteiger partial charge in [0.2, 0.25) is 0 Å². The van der Waals surface area contributed by atoms with Crippen molar-refractivity contribution in [1.82, 2.24) is 9.97 Å². The molecule has 0 amide bonds. The lowest BCUT2D eigenvalue weighted by Gasteiger charge is -2.17. The largest absolute Gasteiger partial charge is 0.376 e. The Morgan fingerprint density at radius 1 is 1.29 bits per heavy atom. The standard InChI is InChI=1S/C14H14BrF2N3O/c1-6-13(14(21)20-8(3)18-6)7(2)19-12-4-9(15)10(16)5-11(12)17/h4-5,7,19H,1-3H3,(H,18,20,21). The third-order valence-corrected chi connectivity index (χ3v) is 3.69. The highest BCUT2D eigenvalue weighted by molar-refractivity contribution is 9.10. The summed E-state index contributed by atoms with van der Waals surface area (Å²) in [4.78, 5) is 18.8. The molecule has 21 heavy (non-hydrogen) atoms.